The first-order valence-corrected chi connectivity index (χ1v) is 11.5. The smallest absolute Gasteiger partial charge is 0.363 e. The van der Waals surface area contributed by atoms with E-state index in [0.29, 0.717) is 29.2 Å². The second kappa shape index (κ2) is 10.1. The molecule has 0 bridgehead atoms. The van der Waals surface area contributed by atoms with Gasteiger partial charge in [0, 0.05) is 10.0 Å². The molecule has 3 aromatic rings. The van der Waals surface area contributed by atoms with Crippen molar-refractivity contribution in [1.82, 2.24) is 0 Å². The van der Waals surface area contributed by atoms with Crippen LogP contribution in [0.1, 0.15) is 23.6 Å². The largest absolute Gasteiger partial charge is 0.490 e. The molecule has 3 aromatic carbocycles. The molecule has 1 aliphatic heterocycles. The molecule has 1 aliphatic rings. The van der Waals surface area contributed by atoms with Crippen molar-refractivity contribution in [2.75, 3.05) is 6.61 Å². The highest BCUT2D eigenvalue weighted by atomic mass is 79.9. The van der Waals surface area contributed by atoms with Crippen LogP contribution in [0.25, 0.3) is 6.08 Å². The Balaban J connectivity index is 1.62. The highest BCUT2D eigenvalue weighted by Crippen LogP contribution is 2.38. The summed E-state index contributed by atoms with van der Waals surface area (Å²) in [6.07, 6.45) is 1.67. The molecule has 162 valence electrons. The van der Waals surface area contributed by atoms with E-state index in [4.69, 9.17) is 14.2 Å². The number of nitrogens with zero attached hydrogens (tertiary/aromatic N) is 1. The number of hydrogen-bond donors (Lipinski definition) is 0. The Hall–Kier alpha value is -2.90. The Bertz CT molecular complexity index is 1210. The summed E-state index contributed by atoms with van der Waals surface area (Å²) in [4.78, 5) is 16.8. The van der Waals surface area contributed by atoms with Crippen molar-refractivity contribution < 1.29 is 19.0 Å². The molecular weight excluding hydrogens is 538 g/mol. The van der Waals surface area contributed by atoms with Crippen molar-refractivity contribution >= 4 is 49.8 Å². The number of esters is 1. The first-order chi connectivity index (χ1) is 15.5. The van der Waals surface area contributed by atoms with E-state index in [9.17, 15) is 4.79 Å². The van der Waals surface area contributed by atoms with Crippen LogP contribution in [0.4, 0.5) is 0 Å². The molecule has 0 fully saturated rings. The maximum Gasteiger partial charge on any atom is 0.363 e. The maximum absolute atomic E-state index is 12.4. The van der Waals surface area contributed by atoms with Crippen LogP contribution in [-0.4, -0.2) is 18.5 Å². The molecule has 0 aliphatic carbocycles. The number of aliphatic imine (C=N–C) groups is 1. The summed E-state index contributed by atoms with van der Waals surface area (Å²) in [6.45, 7) is 2.79. The van der Waals surface area contributed by atoms with Crippen molar-refractivity contribution in [3.05, 3.63) is 98.1 Å². The summed E-state index contributed by atoms with van der Waals surface area (Å²) in [6, 6.07) is 21.0. The molecule has 0 saturated carbocycles. The van der Waals surface area contributed by atoms with Gasteiger partial charge in [0.1, 0.15) is 6.61 Å². The summed E-state index contributed by atoms with van der Waals surface area (Å²) >= 11 is 6.99. The summed E-state index contributed by atoms with van der Waals surface area (Å²) < 4.78 is 18.8. The molecule has 32 heavy (non-hydrogen) atoms. The predicted molar refractivity (Wildman–Crippen MR) is 131 cm³/mol. The van der Waals surface area contributed by atoms with Gasteiger partial charge in [-0.15, -0.1) is 0 Å². The van der Waals surface area contributed by atoms with Crippen molar-refractivity contribution in [1.29, 1.82) is 0 Å². The maximum atomic E-state index is 12.4. The lowest BCUT2D eigenvalue weighted by atomic mass is 10.1. The number of cyclic esters (lactones) is 1. The zero-order valence-electron chi connectivity index (χ0n) is 17.2. The van der Waals surface area contributed by atoms with Crippen LogP contribution < -0.4 is 9.47 Å². The quantitative estimate of drug-likeness (QED) is 0.245. The van der Waals surface area contributed by atoms with E-state index in [0.717, 1.165) is 21.2 Å². The first-order valence-electron chi connectivity index (χ1n) is 9.95. The number of halogens is 2. The van der Waals surface area contributed by atoms with Crippen molar-refractivity contribution in [2.24, 2.45) is 4.99 Å². The van der Waals surface area contributed by atoms with Crippen LogP contribution in [-0.2, 0) is 16.1 Å². The van der Waals surface area contributed by atoms with Gasteiger partial charge in [-0.3, -0.25) is 0 Å². The average molecular weight is 557 g/mol. The minimum Gasteiger partial charge on any atom is -0.490 e. The molecule has 0 aromatic heterocycles. The number of rotatable bonds is 7. The Morgan fingerprint density at radius 1 is 1.00 bits per heavy atom. The van der Waals surface area contributed by atoms with E-state index in [-0.39, 0.29) is 11.6 Å². The zero-order chi connectivity index (χ0) is 22.5. The minimum atomic E-state index is -0.501. The number of benzene rings is 3. The molecule has 0 amide bonds. The molecule has 1 heterocycles. The highest BCUT2D eigenvalue weighted by molar-refractivity contribution is 9.10. The zero-order valence-corrected chi connectivity index (χ0v) is 20.4. The van der Waals surface area contributed by atoms with Crippen LogP contribution in [0.3, 0.4) is 0 Å². The molecule has 0 unspecified atom stereocenters. The normalized spacial score (nSPS) is 14.3. The van der Waals surface area contributed by atoms with Gasteiger partial charge in [-0.2, -0.15) is 0 Å². The van der Waals surface area contributed by atoms with Crippen LogP contribution >= 0.6 is 31.9 Å². The molecule has 5 nitrogen and oxygen atoms in total. The lowest BCUT2D eigenvalue weighted by molar-refractivity contribution is -0.129. The molecular formula is C25H19Br2NO4. The molecule has 0 spiro atoms. The third-order valence-electron chi connectivity index (χ3n) is 4.55. The lowest BCUT2D eigenvalue weighted by Gasteiger charge is -2.15. The second-order valence-electron chi connectivity index (χ2n) is 6.88. The summed E-state index contributed by atoms with van der Waals surface area (Å²) in [5.74, 6) is 0.949. The molecule has 0 atom stereocenters. The summed E-state index contributed by atoms with van der Waals surface area (Å²) in [7, 11) is 0. The summed E-state index contributed by atoms with van der Waals surface area (Å²) in [5, 5.41) is 0. The fourth-order valence-electron chi connectivity index (χ4n) is 3.12. The van der Waals surface area contributed by atoms with Crippen LogP contribution in [0.15, 0.2) is 86.4 Å². The molecule has 0 saturated heterocycles. The standard InChI is InChI=1S/C25H19Br2NO4/c1-2-30-22-13-17(11-20(27)23(22)31-15-16-7-4-3-5-8-16)12-21-25(29)32-24(28-21)18-9-6-10-19(26)14-18/h3-14H,2,15H2,1H3/b21-12-. The Kier molecular flexibility index (Phi) is 7.07. The van der Waals surface area contributed by atoms with Crippen molar-refractivity contribution in [3.8, 4) is 11.5 Å². The minimum absolute atomic E-state index is 0.215. The highest BCUT2D eigenvalue weighted by Gasteiger charge is 2.24. The SMILES string of the molecule is CCOc1cc(/C=C2\N=C(c3cccc(Br)c3)OC2=O)cc(Br)c1OCc1ccccc1. The predicted octanol–water partition coefficient (Wildman–Crippen LogP) is 6.53. The topological polar surface area (TPSA) is 57.1 Å². The van der Waals surface area contributed by atoms with Crippen molar-refractivity contribution in [3.63, 3.8) is 0 Å². The average Bonchev–Trinajstić information content (AvgIpc) is 3.14. The van der Waals surface area contributed by atoms with Gasteiger partial charge in [0.05, 0.1) is 11.1 Å². The number of ether oxygens (including phenoxy) is 3. The molecule has 4 rings (SSSR count). The van der Waals surface area contributed by atoms with E-state index in [1.165, 1.54) is 0 Å². The number of hydrogen-bond acceptors (Lipinski definition) is 5. The van der Waals surface area contributed by atoms with Gasteiger partial charge < -0.3 is 14.2 Å². The Morgan fingerprint density at radius 3 is 2.56 bits per heavy atom. The second-order valence-corrected chi connectivity index (χ2v) is 8.65. The van der Waals surface area contributed by atoms with E-state index in [2.05, 4.69) is 36.9 Å². The number of carbonyl (C=O) groups excluding carboxylic acids is 1. The third-order valence-corrected chi connectivity index (χ3v) is 5.64. The van der Waals surface area contributed by atoms with E-state index in [1.54, 1.807) is 6.08 Å². The van der Waals surface area contributed by atoms with Crippen molar-refractivity contribution in [2.45, 2.75) is 13.5 Å². The van der Waals surface area contributed by atoms with E-state index < -0.39 is 5.97 Å². The first kappa shape index (κ1) is 22.3. The Morgan fingerprint density at radius 2 is 1.81 bits per heavy atom. The van der Waals surface area contributed by atoms with Gasteiger partial charge in [0.25, 0.3) is 0 Å². The lowest BCUT2D eigenvalue weighted by Crippen LogP contribution is -2.05. The van der Waals surface area contributed by atoms with Gasteiger partial charge in [-0.05, 0) is 70.4 Å². The van der Waals surface area contributed by atoms with Gasteiger partial charge in [-0.1, -0.05) is 52.3 Å². The molecule has 7 heteroatoms. The summed E-state index contributed by atoms with van der Waals surface area (Å²) in [5.41, 5.74) is 2.72. The van der Waals surface area contributed by atoms with Gasteiger partial charge in [-0.25, -0.2) is 9.79 Å². The monoisotopic (exact) mass is 555 g/mol. The third kappa shape index (κ3) is 5.29. The van der Waals surface area contributed by atoms with Crippen LogP contribution in [0, 0.1) is 0 Å². The van der Waals surface area contributed by atoms with E-state index in [1.807, 2.05) is 73.7 Å². The van der Waals surface area contributed by atoms with Crippen LogP contribution in [0.2, 0.25) is 0 Å². The molecule has 0 N–H and O–H groups in total. The fourth-order valence-corrected chi connectivity index (χ4v) is 4.09. The molecule has 0 radical (unpaired) electrons. The van der Waals surface area contributed by atoms with Crippen LogP contribution in [0.5, 0.6) is 11.5 Å². The van der Waals surface area contributed by atoms with Gasteiger partial charge in [0.2, 0.25) is 5.90 Å². The van der Waals surface area contributed by atoms with E-state index >= 15 is 0 Å². The van der Waals surface area contributed by atoms with Gasteiger partial charge >= 0.3 is 5.97 Å². The Labute approximate surface area is 203 Å². The number of carbonyl (C=O) groups is 1. The van der Waals surface area contributed by atoms with Gasteiger partial charge in [0.15, 0.2) is 17.2 Å². The fraction of sp³-hybridized carbons (Fsp3) is 0.120.